The van der Waals surface area contributed by atoms with E-state index < -0.39 is 0 Å². The van der Waals surface area contributed by atoms with Crippen LogP contribution in [0.5, 0.6) is 0 Å². The second-order valence-electron chi connectivity index (χ2n) is 5.92. The Labute approximate surface area is 119 Å². The van der Waals surface area contributed by atoms with Gasteiger partial charge >= 0.3 is 0 Å². The molecule has 1 fully saturated rings. The van der Waals surface area contributed by atoms with Crippen molar-refractivity contribution in [2.75, 3.05) is 6.54 Å². The normalized spacial score (nSPS) is 22.9. The highest BCUT2D eigenvalue weighted by molar-refractivity contribution is 5.36. The summed E-state index contributed by atoms with van der Waals surface area (Å²) in [7, 11) is 0. The summed E-state index contributed by atoms with van der Waals surface area (Å²) < 4.78 is 2.33. The quantitative estimate of drug-likeness (QED) is 0.910. The highest BCUT2D eigenvalue weighted by atomic mass is 15.3. The summed E-state index contributed by atoms with van der Waals surface area (Å²) in [6.07, 6.45) is 7.14. The molecule has 0 bridgehead atoms. The van der Waals surface area contributed by atoms with Crippen molar-refractivity contribution in [3.8, 4) is 0 Å². The minimum atomic E-state index is 0.336. The maximum Gasteiger partial charge on any atom is 0.141 e. The Hall–Kier alpha value is -1.68. The average Bonchev–Trinajstić information content (AvgIpc) is 3.17. The summed E-state index contributed by atoms with van der Waals surface area (Å²) in [6.45, 7) is 1.92. The molecule has 4 rings (SSSR count). The van der Waals surface area contributed by atoms with E-state index in [1.807, 2.05) is 6.33 Å². The Kier molecular flexibility index (Phi) is 3.03. The van der Waals surface area contributed by atoms with Crippen molar-refractivity contribution in [2.45, 2.75) is 44.2 Å². The van der Waals surface area contributed by atoms with Crippen molar-refractivity contribution in [3.05, 3.63) is 47.5 Å². The number of aromatic nitrogens is 3. The van der Waals surface area contributed by atoms with Gasteiger partial charge in [0.15, 0.2) is 0 Å². The third-order valence-corrected chi connectivity index (χ3v) is 4.72. The fraction of sp³-hybridized carbons (Fsp3) is 0.500. The first kappa shape index (κ1) is 12.1. The standard InChI is InChI=1S/C16H20N4/c1-4-8-14-12(5-1)9-17-10-15(14)16-19-18-11-20(16)13-6-2-3-7-13/h1,4-5,8,11,13,15,17H,2-3,6-7,9-10H2. The number of benzene rings is 1. The molecule has 20 heavy (non-hydrogen) atoms. The van der Waals surface area contributed by atoms with Gasteiger partial charge < -0.3 is 9.88 Å². The lowest BCUT2D eigenvalue weighted by molar-refractivity contribution is 0.469. The predicted octanol–water partition coefficient (Wildman–Crippen LogP) is 2.63. The van der Waals surface area contributed by atoms with Crippen molar-refractivity contribution in [2.24, 2.45) is 0 Å². The summed E-state index contributed by atoms with van der Waals surface area (Å²) in [4.78, 5) is 0. The first-order valence-electron chi connectivity index (χ1n) is 7.61. The molecule has 0 radical (unpaired) electrons. The topological polar surface area (TPSA) is 42.7 Å². The molecule has 0 spiro atoms. The van der Waals surface area contributed by atoms with Gasteiger partial charge in [-0.15, -0.1) is 10.2 Å². The molecule has 0 amide bonds. The zero-order chi connectivity index (χ0) is 13.4. The van der Waals surface area contributed by atoms with Gasteiger partial charge in [-0.2, -0.15) is 0 Å². The Morgan fingerprint density at radius 1 is 1.15 bits per heavy atom. The molecule has 2 aliphatic rings. The Bertz CT molecular complexity index is 598. The maximum atomic E-state index is 4.46. The zero-order valence-corrected chi connectivity index (χ0v) is 11.6. The molecule has 1 N–H and O–H groups in total. The molecule has 1 aliphatic heterocycles. The zero-order valence-electron chi connectivity index (χ0n) is 11.6. The minimum absolute atomic E-state index is 0.336. The SMILES string of the molecule is c1ccc2c(c1)CNCC2c1nncn1C1CCCC1. The summed E-state index contributed by atoms with van der Waals surface area (Å²) in [6, 6.07) is 9.31. The molecule has 1 atom stereocenters. The summed E-state index contributed by atoms with van der Waals surface area (Å²) in [5.74, 6) is 1.47. The van der Waals surface area contributed by atoms with Gasteiger partial charge in [0.25, 0.3) is 0 Å². The largest absolute Gasteiger partial charge is 0.314 e. The third-order valence-electron chi connectivity index (χ3n) is 4.72. The van der Waals surface area contributed by atoms with Gasteiger partial charge in [-0.25, -0.2) is 0 Å². The summed E-state index contributed by atoms with van der Waals surface area (Å²) >= 11 is 0. The van der Waals surface area contributed by atoms with Crippen molar-refractivity contribution < 1.29 is 0 Å². The number of hydrogen-bond acceptors (Lipinski definition) is 3. The number of nitrogens with zero attached hydrogens (tertiary/aromatic N) is 3. The Morgan fingerprint density at radius 2 is 2.00 bits per heavy atom. The van der Waals surface area contributed by atoms with E-state index in [9.17, 15) is 0 Å². The second-order valence-corrected chi connectivity index (χ2v) is 5.92. The molecule has 1 aromatic heterocycles. The van der Waals surface area contributed by atoms with Gasteiger partial charge in [0, 0.05) is 19.1 Å². The van der Waals surface area contributed by atoms with Crippen LogP contribution in [-0.2, 0) is 6.54 Å². The highest BCUT2D eigenvalue weighted by Crippen LogP contribution is 2.34. The first-order valence-corrected chi connectivity index (χ1v) is 7.61. The lowest BCUT2D eigenvalue weighted by atomic mass is 9.90. The van der Waals surface area contributed by atoms with Crippen LogP contribution in [-0.4, -0.2) is 21.3 Å². The van der Waals surface area contributed by atoms with E-state index in [2.05, 4.69) is 44.3 Å². The van der Waals surface area contributed by atoms with Crippen LogP contribution in [0.1, 0.15) is 54.6 Å². The smallest absolute Gasteiger partial charge is 0.141 e. The number of nitrogens with one attached hydrogen (secondary N) is 1. The van der Waals surface area contributed by atoms with Gasteiger partial charge in [0.05, 0.1) is 5.92 Å². The first-order chi connectivity index (χ1) is 9.93. The van der Waals surface area contributed by atoms with Crippen molar-refractivity contribution in [1.82, 2.24) is 20.1 Å². The monoisotopic (exact) mass is 268 g/mol. The molecule has 1 unspecified atom stereocenters. The summed E-state index contributed by atoms with van der Waals surface area (Å²) in [5.41, 5.74) is 2.81. The van der Waals surface area contributed by atoms with Crippen LogP contribution in [0.4, 0.5) is 0 Å². The Balaban J connectivity index is 1.74. The van der Waals surface area contributed by atoms with E-state index in [0.717, 1.165) is 18.9 Å². The van der Waals surface area contributed by atoms with Gasteiger partial charge in [0.2, 0.25) is 0 Å². The third kappa shape index (κ3) is 1.95. The average molecular weight is 268 g/mol. The number of fused-ring (bicyclic) bond motifs is 1. The van der Waals surface area contributed by atoms with Crippen molar-refractivity contribution in [3.63, 3.8) is 0 Å². The van der Waals surface area contributed by atoms with E-state index in [1.165, 1.54) is 36.8 Å². The van der Waals surface area contributed by atoms with Gasteiger partial charge in [0.1, 0.15) is 12.2 Å². The number of rotatable bonds is 2. The second kappa shape index (κ2) is 5.02. The molecule has 0 saturated heterocycles. The molecular weight excluding hydrogens is 248 g/mol. The van der Waals surface area contributed by atoms with Crippen LogP contribution in [0.3, 0.4) is 0 Å². The van der Waals surface area contributed by atoms with E-state index in [0.29, 0.717) is 12.0 Å². The van der Waals surface area contributed by atoms with Gasteiger partial charge in [-0.05, 0) is 24.0 Å². The lowest BCUT2D eigenvalue weighted by Gasteiger charge is -2.27. The van der Waals surface area contributed by atoms with E-state index >= 15 is 0 Å². The molecule has 2 heterocycles. The van der Waals surface area contributed by atoms with Crippen LogP contribution in [0.25, 0.3) is 0 Å². The van der Waals surface area contributed by atoms with Crippen LogP contribution in [0.15, 0.2) is 30.6 Å². The predicted molar refractivity (Wildman–Crippen MR) is 77.5 cm³/mol. The Morgan fingerprint density at radius 3 is 2.90 bits per heavy atom. The van der Waals surface area contributed by atoms with Crippen LogP contribution in [0, 0.1) is 0 Å². The number of hydrogen-bond donors (Lipinski definition) is 1. The van der Waals surface area contributed by atoms with Crippen molar-refractivity contribution >= 4 is 0 Å². The molecule has 1 aromatic carbocycles. The fourth-order valence-electron chi connectivity index (χ4n) is 3.69. The lowest BCUT2D eigenvalue weighted by Crippen LogP contribution is -2.30. The molecule has 4 nitrogen and oxygen atoms in total. The van der Waals surface area contributed by atoms with Crippen LogP contribution in [0.2, 0.25) is 0 Å². The molecule has 1 aliphatic carbocycles. The van der Waals surface area contributed by atoms with Gasteiger partial charge in [-0.1, -0.05) is 37.1 Å². The van der Waals surface area contributed by atoms with Gasteiger partial charge in [-0.3, -0.25) is 0 Å². The van der Waals surface area contributed by atoms with E-state index in [1.54, 1.807) is 0 Å². The summed E-state index contributed by atoms with van der Waals surface area (Å²) in [5, 5.41) is 12.2. The highest BCUT2D eigenvalue weighted by Gasteiger charge is 2.28. The molecule has 104 valence electrons. The molecule has 4 heteroatoms. The van der Waals surface area contributed by atoms with Crippen molar-refractivity contribution in [1.29, 1.82) is 0 Å². The van der Waals surface area contributed by atoms with E-state index in [-0.39, 0.29) is 0 Å². The molecular formula is C16H20N4. The van der Waals surface area contributed by atoms with Crippen LogP contribution < -0.4 is 5.32 Å². The molecule has 1 saturated carbocycles. The van der Waals surface area contributed by atoms with Crippen LogP contribution >= 0.6 is 0 Å². The van der Waals surface area contributed by atoms with E-state index in [4.69, 9.17) is 0 Å². The fourth-order valence-corrected chi connectivity index (χ4v) is 3.69. The minimum Gasteiger partial charge on any atom is -0.314 e. The maximum absolute atomic E-state index is 4.46. The molecule has 2 aromatic rings.